The van der Waals surface area contributed by atoms with Crippen molar-refractivity contribution < 1.29 is 0 Å². The molecule has 0 radical (unpaired) electrons. The zero-order valence-electron chi connectivity index (χ0n) is 8.21. The van der Waals surface area contributed by atoms with Crippen LogP contribution in [0.5, 0.6) is 0 Å². The van der Waals surface area contributed by atoms with Crippen molar-refractivity contribution >= 4 is 0 Å². The highest BCUT2D eigenvalue weighted by Crippen LogP contribution is 2.37. The Balaban J connectivity index is 1.82. The van der Waals surface area contributed by atoms with Crippen molar-refractivity contribution in [2.45, 2.75) is 51.4 Å². The molecule has 1 saturated carbocycles. The predicted octanol–water partition coefficient (Wildman–Crippen LogP) is 2.41. The van der Waals surface area contributed by atoms with Gasteiger partial charge in [0.15, 0.2) is 5.82 Å². The van der Waals surface area contributed by atoms with Crippen LogP contribution in [0.4, 0.5) is 0 Å². The van der Waals surface area contributed by atoms with Crippen LogP contribution in [0.15, 0.2) is 0 Å². The minimum absolute atomic E-state index is 0.677. The minimum Gasteiger partial charge on any atom is -0.263 e. The topological polar surface area (TPSA) is 41.6 Å². The van der Waals surface area contributed by atoms with Gasteiger partial charge >= 0.3 is 0 Å². The van der Waals surface area contributed by atoms with Gasteiger partial charge in [0, 0.05) is 12.3 Å². The molecule has 0 spiro atoms. The van der Waals surface area contributed by atoms with Gasteiger partial charge in [-0.25, -0.2) is 4.98 Å². The Labute approximate surface area is 79.0 Å². The summed E-state index contributed by atoms with van der Waals surface area (Å²) in [5.41, 5.74) is 0. The van der Waals surface area contributed by atoms with Crippen LogP contribution in [-0.4, -0.2) is 15.2 Å². The highest BCUT2D eigenvalue weighted by Gasteiger charge is 2.27. The highest BCUT2D eigenvalue weighted by molar-refractivity contribution is 5.04. The fraction of sp³-hybridized carbons (Fsp3) is 0.800. The Morgan fingerprint density at radius 3 is 2.92 bits per heavy atom. The third kappa shape index (κ3) is 2.29. The fourth-order valence-corrected chi connectivity index (χ4v) is 1.49. The Hall–Kier alpha value is -0.860. The standard InChI is InChI=1S/C10H17N3/c1-2-3-4-5-9-11-10(13-12-9)8-6-7-8/h8H,2-7H2,1H3,(H,11,12,13). The van der Waals surface area contributed by atoms with Gasteiger partial charge in [-0.3, -0.25) is 5.10 Å². The van der Waals surface area contributed by atoms with E-state index in [2.05, 4.69) is 22.1 Å². The maximum absolute atomic E-state index is 4.48. The minimum atomic E-state index is 0.677. The summed E-state index contributed by atoms with van der Waals surface area (Å²) in [6, 6.07) is 0. The summed E-state index contributed by atoms with van der Waals surface area (Å²) in [4.78, 5) is 4.48. The van der Waals surface area contributed by atoms with E-state index in [1.54, 1.807) is 0 Å². The van der Waals surface area contributed by atoms with Crippen molar-refractivity contribution in [2.75, 3.05) is 0 Å². The number of H-pyrrole nitrogens is 1. The van der Waals surface area contributed by atoms with E-state index in [0.29, 0.717) is 5.92 Å². The second-order valence-electron chi connectivity index (χ2n) is 3.87. The van der Waals surface area contributed by atoms with Gasteiger partial charge < -0.3 is 0 Å². The smallest absolute Gasteiger partial charge is 0.153 e. The molecule has 0 bridgehead atoms. The second kappa shape index (κ2) is 3.90. The second-order valence-corrected chi connectivity index (χ2v) is 3.87. The molecule has 1 aromatic rings. The molecular weight excluding hydrogens is 162 g/mol. The zero-order chi connectivity index (χ0) is 9.10. The average molecular weight is 179 g/mol. The summed E-state index contributed by atoms with van der Waals surface area (Å²) < 4.78 is 0. The van der Waals surface area contributed by atoms with Crippen LogP contribution in [0.1, 0.15) is 56.6 Å². The summed E-state index contributed by atoms with van der Waals surface area (Å²) in [6.45, 7) is 2.22. The Morgan fingerprint density at radius 1 is 1.38 bits per heavy atom. The van der Waals surface area contributed by atoms with Crippen LogP contribution in [-0.2, 0) is 6.42 Å². The Morgan fingerprint density at radius 2 is 2.23 bits per heavy atom. The molecule has 0 unspecified atom stereocenters. The summed E-state index contributed by atoms with van der Waals surface area (Å²) in [7, 11) is 0. The molecule has 0 atom stereocenters. The predicted molar refractivity (Wildman–Crippen MR) is 51.6 cm³/mol. The first kappa shape index (κ1) is 8.73. The number of hydrogen-bond acceptors (Lipinski definition) is 2. The first-order chi connectivity index (χ1) is 6.40. The van der Waals surface area contributed by atoms with E-state index in [-0.39, 0.29) is 0 Å². The largest absolute Gasteiger partial charge is 0.263 e. The number of aromatic amines is 1. The lowest BCUT2D eigenvalue weighted by atomic mass is 10.2. The van der Waals surface area contributed by atoms with Crippen molar-refractivity contribution in [1.29, 1.82) is 0 Å². The van der Waals surface area contributed by atoms with E-state index in [4.69, 9.17) is 0 Å². The molecule has 1 fully saturated rings. The summed E-state index contributed by atoms with van der Waals surface area (Å²) >= 11 is 0. The first-order valence-electron chi connectivity index (χ1n) is 5.31. The monoisotopic (exact) mass is 179 g/mol. The fourth-order valence-electron chi connectivity index (χ4n) is 1.49. The normalized spacial score (nSPS) is 16.4. The summed E-state index contributed by atoms with van der Waals surface area (Å²) in [5, 5.41) is 7.25. The molecule has 1 aliphatic rings. The van der Waals surface area contributed by atoms with Gasteiger partial charge in [-0.1, -0.05) is 19.8 Å². The SMILES string of the molecule is CCCCCc1nc(C2CC2)n[nH]1. The lowest BCUT2D eigenvalue weighted by Crippen LogP contribution is -1.88. The Bertz CT molecular complexity index is 263. The number of rotatable bonds is 5. The molecule has 0 saturated heterocycles. The molecule has 1 heterocycles. The van der Waals surface area contributed by atoms with Gasteiger partial charge in [-0.05, 0) is 19.3 Å². The number of nitrogens with zero attached hydrogens (tertiary/aromatic N) is 2. The van der Waals surface area contributed by atoms with E-state index in [1.807, 2.05) is 0 Å². The van der Waals surface area contributed by atoms with Crippen molar-refractivity contribution in [3.8, 4) is 0 Å². The van der Waals surface area contributed by atoms with Gasteiger partial charge in [0.1, 0.15) is 5.82 Å². The van der Waals surface area contributed by atoms with Crippen LogP contribution in [0, 0.1) is 0 Å². The third-order valence-corrected chi connectivity index (χ3v) is 2.51. The maximum Gasteiger partial charge on any atom is 0.153 e. The lowest BCUT2D eigenvalue weighted by molar-refractivity contribution is 0.695. The molecule has 2 rings (SSSR count). The number of nitrogens with one attached hydrogen (secondary N) is 1. The highest BCUT2D eigenvalue weighted by atomic mass is 15.2. The molecule has 1 aromatic heterocycles. The van der Waals surface area contributed by atoms with Gasteiger partial charge in [0.2, 0.25) is 0 Å². The van der Waals surface area contributed by atoms with Crippen molar-refractivity contribution in [3.05, 3.63) is 11.6 Å². The lowest BCUT2D eigenvalue weighted by Gasteiger charge is -1.92. The molecule has 3 heteroatoms. The number of unbranched alkanes of at least 4 members (excludes halogenated alkanes) is 2. The summed E-state index contributed by atoms with van der Waals surface area (Å²) in [5.74, 6) is 2.80. The molecule has 1 N–H and O–H groups in total. The van der Waals surface area contributed by atoms with E-state index in [1.165, 1.54) is 32.1 Å². The van der Waals surface area contributed by atoms with Crippen molar-refractivity contribution in [2.24, 2.45) is 0 Å². The molecule has 0 aliphatic heterocycles. The van der Waals surface area contributed by atoms with Crippen LogP contribution in [0.25, 0.3) is 0 Å². The molecule has 0 aromatic carbocycles. The molecule has 13 heavy (non-hydrogen) atoms. The van der Waals surface area contributed by atoms with E-state index in [0.717, 1.165) is 18.1 Å². The molecular formula is C10H17N3. The van der Waals surface area contributed by atoms with Crippen LogP contribution >= 0.6 is 0 Å². The van der Waals surface area contributed by atoms with E-state index >= 15 is 0 Å². The van der Waals surface area contributed by atoms with Crippen LogP contribution in [0.2, 0.25) is 0 Å². The van der Waals surface area contributed by atoms with Crippen molar-refractivity contribution in [3.63, 3.8) is 0 Å². The summed E-state index contributed by atoms with van der Waals surface area (Å²) in [6.07, 6.45) is 7.42. The molecule has 0 amide bonds. The van der Waals surface area contributed by atoms with Crippen molar-refractivity contribution in [1.82, 2.24) is 15.2 Å². The molecule has 72 valence electrons. The Kier molecular flexibility index (Phi) is 2.62. The maximum atomic E-state index is 4.48. The third-order valence-electron chi connectivity index (χ3n) is 2.51. The molecule has 1 aliphatic carbocycles. The van der Waals surface area contributed by atoms with Crippen LogP contribution in [0.3, 0.4) is 0 Å². The number of aromatic nitrogens is 3. The van der Waals surface area contributed by atoms with Gasteiger partial charge in [0.25, 0.3) is 0 Å². The van der Waals surface area contributed by atoms with E-state index in [9.17, 15) is 0 Å². The zero-order valence-corrected chi connectivity index (χ0v) is 8.21. The average Bonchev–Trinajstić information content (AvgIpc) is 2.88. The van der Waals surface area contributed by atoms with Gasteiger partial charge in [-0.15, -0.1) is 0 Å². The van der Waals surface area contributed by atoms with Gasteiger partial charge in [-0.2, -0.15) is 5.10 Å². The first-order valence-corrected chi connectivity index (χ1v) is 5.31. The number of aryl methyl sites for hydroxylation is 1. The quantitative estimate of drug-likeness (QED) is 0.705. The van der Waals surface area contributed by atoms with E-state index < -0.39 is 0 Å². The number of hydrogen-bond donors (Lipinski definition) is 1. The van der Waals surface area contributed by atoms with Crippen LogP contribution < -0.4 is 0 Å². The molecule has 3 nitrogen and oxygen atoms in total. The van der Waals surface area contributed by atoms with Gasteiger partial charge in [0.05, 0.1) is 0 Å².